The lowest BCUT2D eigenvalue weighted by Crippen LogP contribution is -2.06. The Labute approximate surface area is 48.2 Å². The summed E-state index contributed by atoms with van der Waals surface area (Å²) in [6, 6.07) is 0. The maximum Gasteiger partial charge on any atom is 0.264 e. The van der Waals surface area contributed by atoms with Crippen molar-refractivity contribution in [2.24, 2.45) is 0 Å². The van der Waals surface area contributed by atoms with Gasteiger partial charge in [-0.05, 0) is 15.9 Å². The van der Waals surface area contributed by atoms with Crippen LogP contribution in [0.5, 0.6) is 0 Å². The van der Waals surface area contributed by atoms with Gasteiger partial charge in [0.1, 0.15) is 6.61 Å². The van der Waals surface area contributed by atoms with Crippen LogP contribution in [0.25, 0.3) is 0 Å². The average molecular weight is 176 g/mol. The third-order valence-corrected chi connectivity index (χ3v) is 0.502. The molecule has 6 heavy (non-hydrogen) atoms. The van der Waals surface area contributed by atoms with Crippen molar-refractivity contribution in [3.8, 4) is 0 Å². The minimum absolute atomic E-state index is 0.964. The van der Waals surface area contributed by atoms with Gasteiger partial charge in [-0.25, -0.2) is 9.50 Å². The third kappa shape index (κ3) is 4.66. The molecule has 0 saturated carbocycles. The zero-order chi connectivity index (χ0) is 5.21. The van der Waals surface area contributed by atoms with Crippen molar-refractivity contribution in [2.75, 3.05) is 6.61 Å². The Hall–Kier alpha value is 0.660. The molecule has 1 unspecified atom stereocenters. The summed E-state index contributed by atoms with van der Waals surface area (Å²) in [6.45, 7) is -0.964. The van der Waals surface area contributed by atoms with Gasteiger partial charge in [0.05, 0.1) is 0 Å². The van der Waals surface area contributed by atoms with Crippen LogP contribution >= 0.6 is 27.5 Å². The molecule has 4 heteroatoms. The van der Waals surface area contributed by atoms with Crippen LogP contribution in [0.4, 0.5) is 4.39 Å². The first kappa shape index (κ1) is 6.66. The number of rotatable bonds is 1. The molecule has 0 spiro atoms. The Morgan fingerprint density at radius 2 is 2.17 bits per heavy atom. The maximum absolute atomic E-state index is 11.5. The van der Waals surface area contributed by atoms with E-state index in [1.54, 1.807) is 0 Å². The van der Waals surface area contributed by atoms with E-state index in [0.717, 1.165) is 0 Å². The first-order chi connectivity index (χ1) is 2.56. The minimum atomic E-state index is -2.23. The van der Waals surface area contributed by atoms with Crippen molar-refractivity contribution < 1.29 is 9.50 Å². The van der Waals surface area contributed by atoms with Crippen LogP contribution in [0, 0.1) is 0 Å². The molecule has 0 aliphatic carbocycles. The van der Waals surface area contributed by atoms with Crippen LogP contribution < -0.4 is 0 Å². The summed E-state index contributed by atoms with van der Waals surface area (Å²) in [7, 11) is 0. The van der Waals surface area contributed by atoms with Crippen LogP contribution in [0.3, 0.4) is 0 Å². The molecule has 0 heterocycles. The Bertz CT molecular complexity index is 43.3. The third-order valence-electron chi connectivity index (χ3n) is 0.164. The van der Waals surface area contributed by atoms with E-state index in [4.69, 9.17) is 0 Å². The molecular formula is C2H2BrClFO. The highest BCUT2D eigenvalue weighted by Crippen LogP contribution is 2.23. The van der Waals surface area contributed by atoms with Crippen molar-refractivity contribution in [2.45, 2.75) is 4.04 Å². The molecule has 0 N–H and O–H groups in total. The molecule has 0 aromatic heterocycles. The molecule has 0 fully saturated rings. The number of halogens is 3. The van der Waals surface area contributed by atoms with Crippen LogP contribution in [0.1, 0.15) is 0 Å². The van der Waals surface area contributed by atoms with E-state index in [1.807, 2.05) is 0 Å². The molecule has 1 radical (unpaired) electrons. The van der Waals surface area contributed by atoms with E-state index in [1.165, 1.54) is 0 Å². The number of hydrogen-bond acceptors (Lipinski definition) is 0. The molecule has 0 rings (SSSR count). The SMILES string of the molecule is [O]CC(F)(Cl)Br. The largest absolute Gasteiger partial charge is 0.264 e. The quantitative estimate of drug-likeness (QED) is 0.542. The van der Waals surface area contributed by atoms with E-state index in [9.17, 15) is 9.50 Å². The van der Waals surface area contributed by atoms with E-state index in [0.29, 0.717) is 0 Å². The summed E-state index contributed by atoms with van der Waals surface area (Å²) in [5, 5.41) is 9.40. The van der Waals surface area contributed by atoms with Crippen molar-refractivity contribution >= 4 is 27.5 Å². The molecule has 0 aromatic rings. The molecule has 0 bridgehead atoms. The van der Waals surface area contributed by atoms with Crippen LogP contribution in [0.15, 0.2) is 0 Å². The number of hydrogen-bond donors (Lipinski definition) is 0. The van der Waals surface area contributed by atoms with Crippen LogP contribution in [-0.4, -0.2) is 10.6 Å². The molecule has 0 aliphatic heterocycles. The van der Waals surface area contributed by atoms with Gasteiger partial charge in [-0.3, -0.25) is 0 Å². The zero-order valence-electron chi connectivity index (χ0n) is 2.75. The Morgan fingerprint density at radius 3 is 2.17 bits per heavy atom. The van der Waals surface area contributed by atoms with Gasteiger partial charge >= 0.3 is 0 Å². The fourth-order valence-corrected chi connectivity index (χ4v) is 0. The smallest absolute Gasteiger partial charge is 0.231 e. The molecule has 37 valence electrons. The molecule has 1 atom stereocenters. The van der Waals surface area contributed by atoms with Gasteiger partial charge < -0.3 is 0 Å². The highest BCUT2D eigenvalue weighted by atomic mass is 79.9. The fourth-order valence-electron chi connectivity index (χ4n) is 0. The Kier molecular flexibility index (Phi) is 2.33. The van der Waals surface area contributed by atoms with Crippen molar-refractivity contribution in [3.05, 3.63) is 0 Å². The summed E-state index contributed by atoms with van der Waals surface area (Å²) >= 11 is 6.92. The Morgan fingerprint density at radius 1 is 2.00 bits per heavy atom. The summed E-state index contributed by atoms with van der Waals surface area (Å²) in [5.74, 6) is 0. The summed E-state index contributed by atoms with van der Waals surface area (Å²) in [5.41, 5.74) is 0. The highest BCUT2D eigenvalue weighted by molar-refractivity contribution is 9.10. The van der Waals surface area contributed by atoms with Crippen molar-refractivity contribution in [1.82, 2.24) is 0 Å². The standard InChI is InChI=1S/C2H2BrClFO/c3-2(4,5)1-6/h1H2. The fraction of sp³-hybridized carbons (Fsp3) is 1.00. The molecular weight excluding hydrogens is 174 g/mol. The van der Waals surface area contributed by atoms with Crippen molar-refractivity contribution in [1.29, 1.82) is 0 Å². The van der Waals surface area contributed by atoms with Crippen LogP contribution in [0.2, 0.25) is 0 Å². The van der Waals surface area contributed by atoms with Crippen molar-refractivity contribution in [3.63, 3.8) is 0 Å². The van der Waals surface area contributed by atoms with Gasteiger partial charge in [-0.1, -0.05) is 11.6 Å². The highest BCUT2D eigenvalue weighted by Gasteiger charge is 2.19. The van der Waals surface area contributed by atoms with Gasteiger partial charge in [-0.2, -0.15) is 0 Å². The van der Waals surface area contributed by atoms with Crippen LogP contribution in [-0.2, 0) is 5.11 Å². The van der Waals surface area contributed by atoms with Gasteiger partial charge in [0.15, 0.2) is 0 Å². The average Bonchev–Trinajstić information content (AvgIpc) is 1.35. The zero-order valence-corrected chi connectivity index (χ0v) is 5.09. The normalized spacial score (nSPS) is 20.0. The monoisotopic (exact) mass is 175 g/mol. The van der Waals surface area contributed by atoms with E-state index in [-0.39, 0.29) is 0 Å². The summed E-state index contributed by atoms with van der Waals surface area (Å²) in [6.07, 6.45) is 0. The predicted molar refractivity (Wildman–Crippen MR) is 24.2 cm³/mol. The second-order valence-corrected chi connectivity index (χ2v) is 3.07. The maximum atomic E-state index is 11.5. The molecule has 0 amide bonds. The first-order valence-electron chi connectivity index (χ1n) is 1.21. The summed E-state index contributed by atoms with van der Waals surface area (Å²) < 4.78 is 9.26. The van der Waals surface area contributed by atoms with E-state index >= 15 is 0 Å². The minimum Gasteiger partial charge on any atom is -0.231 e. The number of alkyl halides is 3. The molecule has 0 aliphatic rings. The summed E-state index contributed by atoms with van der Waals surface area (Å²) in [4.78, 5) is 0. The van der Waals surface area contributed by atoms with Gasteiger partial charge in [0, 0.05) is 0 Å². The van der Waals surface area contributed by atoms with E-state index in [2.05, 4.69) is 27.5 Å². The lowest BCUT2D eigenvalue weighted by atomic mass is 10.8. The second-order valence-electron chi connectivity index (χ2n) is 0.760. The molecule has 1 nitrogen and oxygen atoms in total. The lowest BCUT2D eigenvalue weighted by Gasteiger charge is -1.98. The van der Waals surface area contributed by atoms with E-state index < -0.39 is 10.6 Å². The lowest BCUT2D eigenvalue weighted by molar-refractivity contribution is 0.139. The van der Waals surface area contributed by atoms with Gasteiger partial charge in [0.2, 0.25) is 0 Å². The Balaban J connectivity index is 3.17. The molecule has 0 saturated heterocycles. The predicted octanol–water partition coefficient (Wildman–Crippen LogP) is 1.67. The topological polar surface area (TPSA) is 19.9 Å². The first-order valence-corrected chi connectivity index (χ1v) is 2.38. The van der Waals surface area contributed by atoms with Gasteiger partial charge in [-0.15, -0.1) is 0 Å². The second kappa shape index (κ2) is 2.09. The van der Waals surface area contributed by atoms with Gasteiger partial charge in [0.25, 0.3) is 4.04 Å². The molecule has 0 aromatic carbocycles.